The number of nitrogens with one attached hydrogen (secondary N) is 1. The summed E-state index contributed by atoms with van der Waals surface area (Å²) in [6.07, 6.45) is 3.68. The lowest BCUT2D eigenvalue weighted by atomic mass is 10.1. The Kier molecular flexibility index (Phi) is 5.25. The minimum Gasteiger partial charge on any atom is -0.366 e. The maximum Gasteiger partial charge on any atom is 0.246 e. The molecule has 1 N–H and O–H groups in total. The summed E-state index contributed by atoms with van der Waals surface area (Å²) in [7, 11) is 0. The fraction of sp³-hybridized carbons (Fsp3) is 0.917. The maximum absolute atomic E-state index is 11.5. The van der Waals surface area contributed by atoms with Crippen molar-refractivity contribution >= 4 is 21.8 Å². The first-order chi connectivity index (χ1) is 7.38. The van der Waals surface area contributed by atoms with Gasteiger partial charge in [-0.25, -0.2) is 0 Å². The average molecular weight is 292 g/mol. The summed E-state index contributed by atoms with van der Waals surface area (Å²) in [4.78, 5) is 12.1. The van der Waals surface area contributed by atoms with Crippen molar-refractivity contribution in [1.82, 2.24) is 5.32 Å². The molecule has 2 unspecified atom stereocenters. The van der Waals surface area contributed by atoms with Crippen molar-refractivity contribution in [2.24, 2.45) is 5.92 Å². The minimum absolute atomic E-state index is 0.0125. The van der Waals surface area contributed by atoms with Crippen LogP contribution in [0, 0.1) is 5.92 Å². The quantitative estimate of drug-likeness (QED) is 0.808. The fourth-order valence-electron chi connectivity index (χ4n) is 1.80. The predicted molar refractivity (Wildman–Crippen MR) is 68.8 cm³/mol. The molecule has 0 saturated heterocycles. The first kappa shape index (κ1) is 14.0. The fourth-order valence-corrected chi connectivity index (χ4v) is 2.57. The molecule has 0 heterocycles. The van der Waals surface area contributed by atoms with Gasteiger partial charge in [0.25, 0.3) is 0 Å². The van der Waals surface area contributed by atoms with Crippen LogP contribution in [0.25, 0.3) is 0 Å². The van der Waals surface area contributed by atoms with Crippen molar-refractivity contribution in [3.63, 3.8) is 0 Å². The third-order valence-electron chi connectivity index (χ3n) is 2.76. The standard InChI is InChI=1S/C12H22BrNO2/c1-12(2,3)16-8-11(15)14-7-9-5-4-6-10(9)13/h9-10H,4-8H2,1-3H3,(H,14,15). The molecule has 16 heavy (non-hydrogen) atoms. The molecular formula is C12H22BrNO2. The van der Waals surface area contributed by atoms with Gasteiger partial charge in [-0.1, -0.05) is 22.4 Å². The Morgan fingerprint density at radius 1 is 1.44 bits per heavy atom. The highest BCUT2D eigenvalue weighted by molar-refractivity contribution is 9.09. The van der Waals surface area contributed by atoms with Gasteiger partial charge in [0, 0.05) is 11.4 Å². The van der Waals surface area contributed by atoms with Gasteiger partial charge in [0.2, 0.25) is 5.91 Å². The molecular weight excluding hydrogens is 270 g/mol. The van der Waals surface area contributed by atoms with E-state index in [1.54, 1.807) is 0 Å². The zero-order valence-electron chi connectivity index (χ0n) is 10.4. The Hall–Kier alpha value is -0.0900. The van der Waals surface area contributed by atoms with Crippen LogP contribution in [0.3, 0.4) is 0 Å². The lowest BCUT2D eigenvalue weighted by Crippen LogP contribution is -2.35. The lowest BCUT2D eigenvalue weighted by molar-refractivity contribution is -0.130. The van der Waals surface area contributed by atoms with Crippen LogP contribution in [0.4, 0.5) is 0 Å². The Bertz CT molecular complexity index is 238. The van der Waals surface area contributed by atoms with Crippen LogP contribution >= 0.6 is 15.9 Å². The molecule has 3 nitrogen and oxygen atoms in total. The zero-order valence-corrected chi connectivity index (χ0v) is 12.0. The van der Waals surface area contributed by atoms with Crippen molar-refractivity contribution in [2.45, 2.75) is 50.5 Å². The van der Waals surface area contributed by atoms with Crippen LogP contribution in [0.15, 0.2) is 0 Å². The number of amides is 1. The second-order valence-corrected chi connectivity index (χ2v) is 6.59. The number of rotatable bonds is 4. The second-order valence-electron chi connectivity index (χ2n) is 5.41. The monoisotopic (exact) mass is 291 g/mol. The van der Waals surface area contributed by atoms with Gasteiger partial charge in [-0.3, -0.25) is 4.79 Å². The third kappa shape index (κ3) is 5.30. The summed E-state index contributed by atoms with van der Waals surface area (Å²) in [5.41, 5.74) is -0.247. The van der Waals surface area contributed by atoms with Crippen molar-refractivity contribution in [1.29, 1.82) is 0 Å². The second kappa shape index (κ2) is 6.01. The molecule has 0 radical (unpaired) electrons. The predicted octanol–water partition coefficient (Wildman–Crippen LogP) is 2.48. The van der Waals surface area contributed by atoms with Gasteiger partial charge in [0.05, 0.1) is 5.60 Å². The lowest BCUT2D eigenvalue weighted by Gasteiger charge is -2.20. The van der Waals surface area contributed by atoms with Crippen LogP contribution in [0.1, 0.15) is 40.0 Å². The topological polar surface area (TPSA) is 38.3 Å². The van der Waals surface area contributed by atoms with E-state index in [2.05, 4.69) is 21.2 Å². The maximum atomic E-state index is 11.5. The molecule has 0 spiro atoms. The third-order valence-corrected chi connectivity index (χ3v) is 3.97. The van der Waals surface area contributed by atoms with Gasteiger partial charge in [0.15, 0.2) is 0 Å². The molecule has 1 rings (SSSR count). The highest BCUT2D eigenvalue weighted by Gasteiger charge is 2.25. The first-order valence-corrected chi connectivity index (χ1v) is 6.85. The van der Waals surface area contributed by atoms with Gasteiger partial charge < -0.3 is 10.1 Å². The molecule has 0 aromatic heterocycles. The number of carbonyl (C=O) groups is 1. The van der Waals surface area contributed by atoms with Crippen molar-refractivity contribution in [3.8, 4) is 0 Å². The molecule has 1 saturated carbocycles. The van der Waals surface area contributed by atoms with Crippen LogP contribution in [0.2, 0.25) is 0 Å². The Labute approximate surface area is 106 Å². The summed E-state index contributed by atoms with van der Waals surface area (Å²) in [5.74, 6) is 0.570. The number of ether oxygens (including phenoxy) is 1. The highest BCUT2D eigenvalue weighted by Crippen LogP contribution is 2.30. The Morgan fingerprint density at radius 2 is 2.12 bits per heavy atom. The summed E-state index contributed by atoms with van der Waals surface area (Å²) in [6.45, 7) is 6.77. The van der Waals surface area contributed by atoms with Crippen LogP contribution in [-0.2, 0) is 9.53 Å². The highest BCUT2D eigenvalue weighted by atomic mass is 79.9. The van der Waals surface area contributed by atoms with E-state index in [9.17, 15) is 4.79 Å². The summed E-state index contributed by atoms with van der Waals surface area (Å²) in [5, 5.41) is 2.93. The van der Waals surface area contributed by atoms with Crippen LogP contribution in [-0.4, -0.2) is 29.5 Å². The molecule has 1 aliphatic carbocycles. The van der Waals surface area contributed by atoms with E-state index in [-0.39, 0.29) is 18.1 Å². The Morgan fingerprint density at radius 3 is 2.62 bits per heavy atom. The van der Waals surface area contributed by atoms with Crippen molar-refractivity contribution < 1.29 is 9.53 Å². The van der Waals surface area contributed by atoms with E-state index in [4.69, 9.17) is 4.74 Å². The first-order valence-electron chi connectivity index (χ1n) is 5.93. The van der Waals surface area contributed by atoms with E-state index in [0.29, 0.717) is 10.7 Å². The molecule has 1 amide bonds. The minimum atomic E-state index is -0.247. The largest absolute Gasteiger partial charge is 0.366 e. The zero-order chi connectivity index (χ0) is 12.2. The molecule has 0 bridgehead atoms. The van der Waals surface area contributed by atoms with Crippen LogP contribution < -0.4 is 5.32 Å². The molecule has 1 fully saturated rings. The van der Waals surface area contributed by atoms with Gasteiger partial charge >= 0.3 is 0 Å². The number of carbonyl (C=O) groups excluding carboxylic acids is 1. The van der Waals surface area contributed by atoms with Gasteiger partial charge in [-0.15, -0.1) is 0 Å². The van der Waals surface area contributed by atoms with E-state index in [0.717, 1.165) is 6.54 Å². The molecule has 0 aromatic rings. The number of alkyl halides is 1. The number of hydrogen-bond donors (Lipinski definition) is 1. The molecule has 94 valence electrons. The van der Waals surface area contributed by atoms with E-state index < -0.39 is 0 Å². The van der Waals surface area contributed by atoms with Crippen molar-refractivity contribution in [3.05, 3.63) is 0 Å². The van der Waals surface area contributed by atoms with E-state index in [1.807, 2.05) is 20.8 Å². The molecule has 0 aromatic carbocycles. The van der Waals surface area contributed by atoms with E-state index in [1.165, 1.54) is 19.3 Å². The number of hydrogen-bond acceptors (Lipinski definition) is 2. The molecule has 2 atom stereocenters. The van der Waals surface area contributed by atoms with Gasteiger partial charge in [-0.2, -0.15) is 0 Å². The summed E-state index contributed by atoms with van der Waals surface area (Å²) < 4.78 is 5.41. The summed E-state index contributed by atoms with van der Waals surface area (Å²) in [6, 6.07) is 0. The van der Waals surface area contributed by atoms with E-state index >= 15 is 0 Å². The SMILES string of the molecule is CC(C)(C)OCC(=O)NCC1CCCC1Br. The Balaban J connectivity index is 2.15. The van der Waals surface area contributed by atoms with Gasteiger partial charge in [-0.05, 0) is 39.5 Å². The molecule has 0 aliphatic heterocycles. The molecule has 1 aliphatic rings. The summed E-state index contributed by atoms with van der Waals surface area (Å²) >= 11 is 3.64. The van der Waals surface area contributed by atoms with Gasteiger partial charge in [0.1, 0.15) is 6.61 Å². The van der Waals surface area contributed by atoms with Crippen molar-refractivity contribution in [2.75, 3.05) is 13.2 Å². The normalized spacial score (nSPS) is 25.8. The smallest absolute Gasteiger partial charge is 0.246 e. The van der Waals surface area contributed by atoms with Crippen LogP contribution in [0.5, 0.6) is 0 Å². The molecule has 4 heteroatoms. The average Bonchev–Trinajstić information content (AvgIpc) is 2.57. The number of halogens is 1.